The molecule has 0 atom stereocenters. The normalized spacial score (nSPS) is 12.6. The minimum Gasteiger partial charge on any atom is -0.482 e. The van der Waals surface area contributed by atoms with Gasteiger partial charge in [0.2, 0.25) is 5.91 Å². The lowest BCUT2D eigenvalue weighted by Crippen LogP contribution is -2.42. The Balaban J connectivity index is 1.56. The van der Waals surface area contributed by atoms with Crippen LogP contribution < -0.4 is 15.0 Å². The Hall–Kier alpha value is -3.68. The zero-order valence-corrected chi connectivity index (χ0v) is 15.1. The van der Waals surface area contributed by atoms with E-state index in [1.807, 2.05) is 0 Å². The molecule has 1 aliphatic heterocycles. The lowest BCUT2D eigenvalue weighted by atomic mass is 10.1. The molecule has 0 aliphatic carbocycles. The number of hydrogen-bond acceptors (Lipinski definition) is 6. The van der Waals surface area contributed by atoms with Gasteiger partial charge in [-0.15, -0.1) is 0 Å². The molecule has 0 spiro atoms. The number of amides is 2. The lowest BCUT2D eigenvalue weighted by Gasteiger charge is -2.28. The summed E-state index contributed by atoms with van der Waals surface area (Å²) in [6.07, 6.45) is 0. The zero-order valence-electron chi connectivity index (χ0n) is 15.1. The standard InChI is InChI=1S/C20H18N2O6/c1-13(23)21-15-8-6-14(7-9-15)17(24)11-28-20(26)10-22-16-4-2-3-5-18(16)27-12-19(22)25/h2-9H,10-12H2,1H3,(H,21,23). The van der Waals surface area contributed by atoms with Gasteiger partial charge in [0.15, 0.2) is 19.0 Å². The zero-order chi connectivity index (χ0) is 20.1. The third-order valence-corrected chi connectivity index (χ3v) is 3.99. The highest BCUT2D eigenvalue weighted by atomic mass is 16.5. The third-order valence-electron chi connectivity index (χ3n) is 3.99. The number of para-hydroxylation sites is 2. The second-order valence-electron chi connectivity index (χ2n) is 6.08. The second-order valence-corrected chi connectivity index (χ2v) is 6.08. The van der Waals surface area contributed by atoms with Gasteiger partial charge in [-0.05, 0) is 36.4 Å². The Morgan fingerprint density at radius 1 is 1.11 bits per heavy atom. The van der Waals surface area contributed by atoms with E-state index in [-0.39, 0.29) is 25.0 Å². The van der Waals surface area contributed by atoms with Crippen LogP contribution in [0.25, 0.3) is 0 Å². The number of nitrogens with zero attached hydrogens (tertiary/aromatic N) is 1. The Morgan fingerprint density at radius 3 is 2.54 bits per heavy atom. The molecule has 2 aromatic rings. The first-order valence-electron chi connectivity index (χ1n) is 8.52. The molecule has 1 heterocycles. The molecule has 0 fully saturated rings. The van der Waals surface area contributed by atoms with E-state index in [2.05, 4.69) is 5.32 Å². The highest BCUT2D eigenvalue weighted by Gasteiger charge is 2.27. The minimum atomic E-state index is -0.701. The number of anilines is 2. The van der Waals surface area contributed by atoms with Crippen LogP contribution in [-0.4, -0.2) is 43.3 Å². The number of nitrogens with one attached hydrogen (secondary N) is 1. The second kappa shape index (κ2) is 8.34. The molecule has 1 aliphatic rings. The van der Waals surface area contributed by atoms with Crippen molar-refractivity contribution in [2.75, 3.05) is 30.0 Å². The van der Waals surface area contributed by atoms with E-state index in [1.54, 1.807) is 36.4 Å². The van der Waals surface area contributed by atoms with E-state index in [1.165, 1.54) is 24.0 Å². The van der Waals surface area contributed by atoms with Gasteiger partial charge in [0.25, 0.3) is 5.91 Å². The van der Waals surface area contributed by atoms with Gasteiger partial charge in [0.05, 0.1) is 5.69 Å². The Labute approximate surface area is 161 Å². The maximum atomic E-state index is 12.2. The summed E-state index contributed by atoms with van der Waals surface area (Å²) in [6.45, 7) is 0.465. The van der Waals surface area contributed by atoms with Gasteiger partial charge in [-0.2, -0.15) is 0 Å². The van der Waals surface area contributed by atoms with Gasteiger partial charge in [-0.1, -0.05) is 12.1 Å². The van der Waals surface area contributed by atoms with E-state index in [4.69, 9.17) is 9.47 Å². The summed E-state index contributed by atoms with van der Waals surface area (Å²) in [5, 5.41) is 2.60. The number of carbonyl (C=O) groups is 4. The van der Waals surface area contributed by atoms with Crippen molar-refractivity contribution in [1.82, 2.24) is 0 Å². The molecule has 0 unspecified atom stereocenters. The molecule has 8 nitrogen and oxygen atoms in total. The maximum absolute atomic E-state index is 12.2. The fraction of sp³-hybridized carbons (Fsp3) is 0.200. The molecule has 2 aromatic carbocycles. The van der Waals surface area contributed by atoms with Crippen LogP contribution >= 0.6 is 0 Å². The highest BCUT2D eigenvalue weighted by molar-refractivity contribution is 6.02. The molecule has 28 heavy (non-hydrogen) atoms. The molecule has 3 rings (SSSR count). The molecule has 0 saturated carbocycles. The molecule has 0 bridgehead atoms. The molecule has 0 saturated heterocycles. The van der Waals surface area contributed by atoms with Crippen LogP contribution in [0.3, 0.4) is 0 Å². The number of hydrogen-bond donors (Lipinski definition) is 1. The van der Waals surface area contributed by atoms with Crippen LogP contribution in [0.2, 0.25) is 0 Å². The summed E-state index contributed by atoms with van der Waals surface area (Å²) in [6, 6.07) is 13.1. The minimum absolute atomic E-state index is 0.163. The summed E-state index contributed by atoms with van der Waals surface area (Å²) in [4.78, 5) is 48.6. The average Bonchev–Trinajstić information content (AvgIpc) is 2.68. The monoisotopic (exact) mass is 382 g/mol. The van der Waals surface area contributed by atoms with Crippen molar-refractivity contribution in [1.29, 1.82) is 0 Å². The largest absolute Gasteiger partial charge is 0.482 e. The van der Waals surface area contributed by atoms with Crippen LogP contribution in [0.15, 0.2) is 48.5 Å². The van der Waals surface area contributed by atoms with Crippen LogP contribution in [0.1, 0.15) is 17.3 Å². The van der Waals surface area contributed by atoms with E-state index in [0.717, 1.165) is 0 Å². The molecule has 0 aromatic heterocycles. The van der Waals surface area contributed by atoms with Crippen molar-refractivity contribution in [3.05, 3.63) is 54.1 Å². The summed E-state index contributed by atoms with van der Waals surface area (Å²) in [5.74, 6) is -1.17. The van der Waals surface area contributed by atoms with Crippen LogP contribution in [-0.2, 0) is 19.1 Å². The first-order valence-corrected chi connectivity index (χ1v) is 8.52. The van der Waals surface area contributed by atoms with Crippen molar-refractivity contribution in [3.8, 4) is 5.75 Å². The van der Waals surface area contributed by atoms with E-state index >= 15 is 0 Å². The quantitative estimate of drug-likeness (QED) is 0.604. The van der Waals surface area contributed by atoms with Gasteiger partial charge in [0.1, 0.15) is 12.3 Å². The fourth-order valence-corrected chi connectivity index (χ4v) is 2.67. The van der Waals surface area contributed by atoms with Crippen molar-refractivity contribution in [3.63, 3.8) is 0 Å². The molecule has 0 radical (unpaired) electrons. The number of carbonyl (C=O) groups excluding carboxylic acids is 4. The van der Waals surface area contributed by atoms with Gasteiger partial charge >= 0.3 is 5.97 Å². The van der Waals surface area contributed by atoms with Crippen LogP contribution in [0.5, 0.6) is 5.75 Å². The van der Waals surface area contributed by atoms with Gasteiger partial charge < -0.3 is 14.8 Å². The van der Waals surface area contributed by atoms with Crippen molar-refractivity contribution >= 4 is 34.9 Å². The predicted molar refractivity (Wildman–Crippen MR) is 100 cm³/mol. The van der Waals surface area contributed by atoms with Crippen LogP contribution in [0, 0.1) is 0 Å². The van der Waals surface area contributed by atoms with Gasteiger partial charge in [0, 0.05) is 18.2 Å². The van der Waals surface area contributed by atoms with Crippen molar-refractivity contribution < 1.29 is 28.7 Å². The summed E-state index contributed by atoms with van der Waals surface area (Å²) < 4.78 is 10.3. The first-order chi connectivity index (χ1) is 13.4. The number of ether oxygens (including phenoxy) is 2. The summed E-state index contributed by atoms with van der Waals surface area (Å²) in [7, 11) is 0. The van der Waals surface area contributed by atoms with Crippen LogP contribution in [0.4, 0.5) is 11.4 Å². The highest BCUT2D eigenvalue weighted by Crippen LogP contribution is 2.31. The number of esters is 1. The van der Waals surface area contributed by atoms with Gasteiger partial charge in [-0.25, -0.2) is 0 Å². The first kappa shape index (κ1) is 19.1. The Kier molecular flexibility index (Phi) is 5.69. The van der Waals surface area contributed by atoms with Crippen molar-refractivity contribution in [2.45, 2.75) is 6.92 Å². The van der Waals surface area contributed by atoms with E-state index in [0.29, 0.717) is 22.7 Å². The Bertz CT molecular complexity index is 923. The third kappa shape index (κ3) is 4.53. The molecular weight excluding hydrogens is 364 g/mol. The number of ketones is 1. The topological polar surface area (TPSA) is 102 Å². The summed E-state index contributed by atoms with van der Waals surface area (Å²) >= 11 is 0. The van der Waals surface area contributed by atoms with Crippen molar-refractivity contribution in [2.24, 2.45) is 0 Å². The Morgan fingerprint density at radius 2 is 1.82 bits per heavy atom. The number of benzene rings is 2. The average molecular weight is 382 g/mol. The fourth-order valence-electron chi connectivity index (χ4n) is 2.67. The summed E-state index contributed by atoms with van der Waals surface area (Å²) in [5.41, 5.74) is 1.39. The van der Waals surface area contributed by atoms with E-state index in [9.17, 15) is 19.2 Å². The smallest absolute Gasteiger partial charge is 0.326 e. The predicted octanol–water partition coefficient (Wildman–Crippen LogP) is 1.80. The number of Topliss-reactive ketones (excluding diaryl/α,β-unsaturated/α-hetero) is 1. The van der Waals surface area contributed by atoms with Gasteiger partial charge in [-0.3, -0.25) is 24.1 Å². The maximum Gasteiger partial charge on any atom is 0.326 e. The number of fused-ring (bicyclic) bond motifs is 1. The molecular formula is C20H18N2O6. The molecule has 144 valence electrons. The lowest BCUT2D eigenvalue weighted by molar-refractivity contribution is -0.142. The molecule has 8 heteroatoms. The SMILES string of the molecule is CC(=O)Nc1ccc(C(=O)COC(=O)CN2C(=O)COc3ccccc32)cc1. The number of rotatable bonds is 6. The van der Waals surface area contributed by atoms with E-state index < -0.39 is 18.4 Å². The molecule has 2 amide bonds. The molecule has 1 N–H and O–H groups in total.